The smallest absolute Gasteiger partial charge is 0.243 e. The van der Waals surface area contributed by atoms with Crippen molar-refractivity contribution in [2.75, 3.05) is 31.1 Å². The third-order valence-corrected chi connectivity index (χ3v) is 8.54. The van der Waals surface area contributed by atoms with Crippen molar-refractivity contribution in [2.24, 2.45) is 0 Å². The Balaban J connectivity index is 1.40. The highest BCUT2D eigenvalue weighted by atomic mass is 32.2. The molecule has 1 aliphatic rings. The minimum Gasteiger partial charge on any atom is -0.355 e. The topological polar surface area (TPSA) is 66.4 Å². The molecular weight excluding hydrogens is 456 g/mol. The van der Waals surface area contributed by atoms with Crippen LogP contribution < -0.4 is 4.90 Å². The van der Waals surface area contributed by atoms with Crippen molar-refractivity contribution in [1.82, 2.24) is 14.3 Å². The highest BCUT2D eigenvalue weighted by Gasteiger charge is 2.28. The molecule has 1 aliphatic heterocycles. The van der Waals surface area contributed by atoms with Gasteiger partial charge in [0.2, 0.25) is 10.0 Å². The van der Waals surface area contributed by atoms with Crippen LogP contribution in [0.4, 0.5) is 5.82 Å². The summed E-state index contributed by atoms with van der Waals surface area (Å²) in [4.78, 5) is 12.0. The maximum Gasteiger partial charge on any atom is 0.243 e. The number of hydrogen-bond donors (Lipinski definition) is 0. The predicted octanol–water partition coefficient (Wildman–Crippen LogP) is 4.74. The van der Waals surface area contributed by atoms with Gasteiger partial charge in [-0.05, 0) is 48.7 Å². The van der Waals surface area contributed by atoms with Gasteiger partial charge in [-0.25, -0.2) is 18.4 Å². The molecule has 1 fully saturated rings. The number of aryl methyl sites for hydroxylation is 2. The second-order valence-corrected chi connectivity index (χ2v) is 11.0. The van der Waals surface area contributed by atoms with Gasteiger partial charge in [-0.2, -0.15) is 4.31 Å². The predicted molar refractivity (Wildman–Crippen MR) is 140 cm³/mol. The maximum absolute atomic E-state index is 13.5. The fourth-order valence-electron chi connectivity index (χ4n) is 4.81. The molecule has 0 unspecified atom stereocenters. The van der Waals surface area contributed by atoms with Gasteiger partial charge in [0.1, 0.15) is 11.6 Å². The molecule has 0 spiro atoms. The quantitative estimate of drug-likeness (QED) is 0.408. The molecule has 0 radical (unpaired) electrons. The SMILES string of the molecule is Cc1nc(C)c(Cc2ccccc2)c(N2CCCN(S(=O)(=O)c3ccc4ccccc4c3)CC2)n1. The van der Waals surface area contributed by atoms with E-state index in [0.717, 1.165) is 53.1 Å². The summed E-state index contributed by atoms with van der Waals surface area (Å²) in [6, 6.07) is 23.5. The van der Waals surface area contributed by atoms with E-state index in [1.54, 1.807) is 16.4 Å². The number of sulfonamides is 1. The molecule has 0 N–H and O–H groups in total. The van der Waals surface area contributed by atoms with Crippen molar-refractivity contribution >= 4 is 26.6 Å². The summed E-state index contributed by atoms with van der Waals surface area (Å²) in [5.74, 6) is 1.66. The highest BCUT2D eigenvalue weighted by molar-refractivity contribution is 7.89. The third kappa shape index (κ3) is 4.92. The van der Waals surface area contributed by atoms with Crippen LogP contribution in [0.15, 0.2) is 77.7 Å². The molecule has 1 saturated heterocycles. The van der Waals surface area contributed by atoms with E-state index >= 15 is 0 Å². The van der Waals surface area contributed by atoms with Gasteiger partial charge in [-0.1, -0.05) is 60.7 Å². The van der Waals surface area contributed by atoms with Crippen LogP contribution in [-0.4, -0.2) is 48.9 Å². The first-order valence-corrected chi connectivity index (χ1v) is 13.5. The number of nitrogens with zero attached hydrogens (tertiary/aromatic N) is 4. The zero-order valence-electron chi connectivity index (χ0n) is 20.2. The summed E-state index contributed by atoms with van der Waals surface area (Å²) in [6.07, 6.45) is 1.48. The van der Waals surface area contributed by atoms with Crippen LogP contribution in [0.5, 0.6) is 0 Å². The first-order valence-electron chi connectivity index (χ1n) is 12.0. The molecule has 180 valence electrons. The summed E-state index contributed by atoms with van der Waals surface area (Å²) in [7, 11) is -3.58. The number of rotatable bonds is 5. The second-order valence-electron chi connectivity index (χ2n) is 9.07. The number of aromatic nitrogens is 2. The first kappa shape index (κ1) is 23.5. The normalized spacial score (nSPS) is 15.3. The van der Waals surface area contributed by atoms with Crippen LogP contribution in [0.1, 0.15) is 29.1 Å². The van der Waals surface area contributed by atoms with Crippen LogP contribution in [0.25, 0.3) is 10.8 Å². The molecule has 0 aliphatic carbocycles. The lowest BCUT2D eigenvalue weighted by Gasteiger charge is -2.26. The highest BCUT2D eigenvalue weighted by Crippen LogP contribution is 2.27. The minimum atomic E-state index is -3.58. The van der Waals surface area contributed by atoms with E-state index in [-0.39, 0.29) is 0 Å². The number of benzene rings is 3. The van der Waals surface area contributed by atoms with Crippen molar-refractivity contribution in [3.63, 3.8) is 0 Å². The molecule has 0 saturated carbocycles. The van der Waals surface area contributed by atoms with E-state index < -0.39 is 10.0 Å². The molecule has 2 heterocycles. The molecule has 3 aromatic carbocycles. The van der Waals surface area contributed by atoms with Crippen molar-refractivity contribution in [1.29, 1.82) is 0 Å². The van der Waals surface area contributed by atoms with Crippen molar-refractivity contribution < 1.29 is 8.42 Å². The van der Waals surface area contributed by atoms with Crippen LogP contribution in [0.3, 0.4) is 0 Å². The number of hydrogen-bond acceptors (Lipinski definition) is 5. The van der Waals surface area contributed by atoms with Gasteiger partial charge in [0, 0.05) is 43.9 Å². The number of fused-ring (bicyclic) bond motifs is 1. The molecule has 35 heavy (non-hydrogen) atoms. The van der Waals surface area contributed by atoms with Gasteiger partial charge >= 0.3 is 0 Å². The lowest BCUT2D eigenvalue weighted by atomic mass is 10.0. The van der Waals surface area contributed by atoms with Crippen molar-refractivity contribution in [2.45, 2.75) is 31.6 Å². The number of anilines is 1. The fourth-order valence-corrected chi connectivity index (χ4v) is 6.31. The average molecular weight is 487 g/mol. The van der Waals surface area contributed by atoms with E-state index in [9.17, 15) is 8.42 Å². The van der Waals surface area contributed by atoms with E-state index in [0.29, 0.717) is 24.5 Å². The van der Waals surface area contributed by atoms with Crippen LogP contribution in [0, 0.1) is 13.8 Å². The Morgan fingerprint density at radius 1 is 0.800 bits per heavy atom. The van der Waals surface area contributed by atoms with E-state index in [1.807, 2.05) is 62.4 Å². The van der Waals surface area contributed by atoms with Gasteiger partial charge in [0.15, 0.2) is 0 Å². The monoisotopic (exact) mass is 486 g/mol. The zero-order valence-corrected chi connectivity index (χ0v) is 21.0. The average Bonchev–Trinajstić information content (AvgIpc) is 3.13. The van der Waals surface area contributed by atoms with Gasteiger partial charge < -0.3 is 4.90 Å². The summed E-state index contributed by atoms with van der Waals surface area (Å²) >= 11 is 0. The molecule has 0 bridgehead atoms. The third-order valence-electron chi connectivity index (χ3n) is 6.64. The summed E-state index contributed by atoms with van der Waals surface area (Å²) in [5, 5.41) is 1.97. The Bertz CT molecular complexity index is 1450. The molecule has 0 atom stereocenters. The van der Waals surface area contributed by atoms with Crippen molar-refractivity contribution in [3.8, 4) is 0 Å². The van der Waals surface area contributed by atoms with Gasteiger partial charge in [0.05, 0.1) is 4.90 Å². The van der Waals surface area contributed by atoms with Gasteiger partial charge in [0.25, 0.3) is 0 Å². The second kappa shape index (κ2) is 9.76. The Kier molecular flexibility index (Phi) is 6.54. The molecule has 1 aromatic heterocycles. The standard InChI is InChI=1S/C28H30N4O2S/c1-21-27(19-23-9-4-3-5-10-23)28(30-22(2)29-21)31-15-8-16-32(18-17-31)35(33,34)26-14-13-24-11-6-7-12-25(24)20-26/h3-7,9-14,20H,8,15-19H2,1-2H3. The summed E-state index contributed by atoms with van der Waals surface area (Å²) < 4.78 is 28.7. The Morgan fingerprint density at radius 3 is 2.34 bits per heavy atom. The molecule has 6 nitrogen and oxygen atoms in total. The molecule has 4 aromatic rings. The summed E-state index contributed by atoms with van der Waals surface area (Å²) in [5.41, 5.74) is 3.29. The van der Waals surface area contributed by atoms with E-state index in [2.05, 4.69) is 22.0 Å². The van der Waals surface area contributed by atoms with Gasteiger partial charge in [-0.15, -0.1) is 0 Å². The van der Waals surface area contributed by atoms with Crippen molar-refractivity contribution in [3.05, 3.63) is 95.4 Å². The van der Waals surface area contributed by atoms with Crippen LogP contribution >= 0.6 is 0 Å². The molecular formula is C28H30N4O2S. The zero-order chi connectivity index (χ0) is 24.4. The summed E-state index contributed by atoms with van der Waals surface area (Å²) in [6.45, 7) is 6.19. The maximum atomic E-state index is 13.5. The molecule has 7 heteroatoms. The lowest BCUT2D eigenvalue weighted by molar-refractivity contribution is 0.433. The largest absolute Gasteiger partial charge is 0.355 e. The first-order chi connectivity index (χ1) is 16.9. The molecule has 5 rings (SSSR count). The van der Waals surface area contributed by atoms with Crippen LogP contribution in [0.2, 0.25) is 0 Å². The molecule has 0 amide bonds. The Labute approximate surface area is 207 Å². The van der Waals surface area contributed by atoms with Crippen LogP contribution in [-0.2, 0) is 16.4 Å². The minimum absolute atomic E-state index is 0.350. The van der Waals surface area contributed by atoms with E-state index in [1.165, 1.54) is 5.56 Å². The Morgan fingerprint density at radius 2 is 1.54 bits per heavy atom. The lowest BCUT2D eigenvalue weighted by Crippen LogP contribution is -2.35. The van der Waals surface area contributed by atoms with Gasteiger partial charge in [-0.3, -0.25) is 0 Å². The van der Waals surface area contributed by atoms with E-state index in [4.69, 9.17) is 4.98 Å². The fraction of sp³-hybridized carbons (Fsp3) is 0.286. The Hall–Kier alpha value is -3.29.